The molecule has 0 heterocycles. The molecule has 0 saturated heterocycles. The Labute approximate surface area is 74.8 Å². The highest BCUT2D eigenvalue weighted by molar-refractivity contribution is 6.20. The Hall–Kier alpha value is 0.250. The molecule has 0 aliphatic carbocycles. The summed E-state index contributed by atoms with van der Waals surface area (Å²) >= 11 is 5.91. The fourth-order valence-electron chi connectivity index (χ4n) is 1.29. The topological polar surface area (TPSA) is 20.2 Å². The van der Waals surface area contributed by atoms with Gasteiger partial charge in [0.25, 0.3) is 0 Å². The van der Waals surface area contributed by atoms with Gasteiger partial charge in [0.1, 0.15) is 0 Å². The first-order chi connectivity index (χ1) is 5.09. The molecule has 0 amide bonds. The molecule has 0 saturated carbocycles. The van der Waals surface area contributed by atoms with E-state index >= 15 is 0 Å². The second kappa shape index (κ2) is 5.84. The Kier molecular flexibility index (Phi) is 5.98. The van der Waals surface area contributed by atoms with E-state index in [1.54, 1.807) is 0 Å². The monoisotopic (exact) mass is 178 g/mol. The van der Waals surface area contributed by atoms with Crippen LogP contribution >= 0.6 is 11.6 Å². The van der Waals surface area contributed by atoms with Crippen LogP contribution in [0.1, 0.15) is 40.0 Å². The lowest BCUT2D eigenvalue weighted by atomic mass is 9.94. The summed E-state index contributed by atoms with van der Waals surface area (Å²) in [7, 11) is 0. The molecule has 2 heteroatoms. The molecule has 3 atom stereocenters. The number of unbranched alkanes of at least 4 members (excludes halogenated alkanes) is 1. The van der Waals surface area contributed by atoms with Crippen molar-refractivity contribution in [1.29, 1.82) is 0 Å². The molecule has 1 nitrogen and oxygen atoms in total. The van der Waals surface area contributed by atoms with E-state index in [1.165, 1.54) is 6.42 Å². The van der Waals surface area contributed by atoms with Crippen molar-refractivity contribution in [3.05, 3.63) is 0 Å². The smallest absolute Gasteiger partial charge is 0.0554 e. The summed E-state index contributed by atoms with van der Waals surface area (Å²) in [5.74, 6) is 0.261. The van der Waals surface area contributed by atoms with Gasteiger partial charge in [-0.2, -0.15) is 0 Å². The Balaban J connectivity index is 3.70. The zero-order chi connectivity index (χ0) is 8.85. The number of halogens is 1. The van der Waals surface area contributed by atoms with E-state index in [2.05, 4.69) is 6.92 Å². The number of aliphatic hydroxyl groups is 1. The third-order valence-electron chi connectivity index (χ3n) is 2.10. The molecule has 0 fully saturated rings. The Morgan fingerprint density at radius 1 is 1.36 bits per heavy atom. The zero-order valence-electron chi connectivity index (χ0n) is 7.68. The first kappa shape index (κ1) is 11.2. The Morgan fingerprint density at radius 2 is 1.91 bits per heavy atom. The van der Waals surface area contributed by atoms with E-state index in [9.17, 15) is 5.11 Å². The fourth-order valence-corrected chi connectivity index (χ4v) is 1.63. The highest BCUT2D eigenvalue weighted by Gasteiger charge is 2.19. The molecule has 0 spiro atoms. The van der Waals surface area contributed by atoms with Gasteiger partial charge in [0.15, 0.2) is 0 Å². The number of alkyl halides is 1. The van der Waals surface area contributed by atoms with E-state index in [1.807, 2.05) is 13.8 Å². The molecule has 0 aliphatic heterocycles. The summed E-state index contributed by atoms with van der Waals surface area (Å²) in [6.07, 6.45) is 3.10. The largest absolute Gasteiger partial charge is 0.393 e. The summed E-state index contributed by atoms with van der Waals surface area (Å²) in [5.41, 5.74) is 0. The van der Waals surface area contributed by atoms with Crippen LogP contribution in [-0.2, 0) is 0 Å². The van der Waals surface area contributed by atoms with Crippen LogP contribution in [0.25, 0.3) is 0 Å². The van der Waals surface area contributed by atoms with Gasteiger partial charge in [-0.1, -0.05) is 19.8 Å². The van der Waals surface area contributed by atoms with Gasteiger partial charge in [-0.3, -0.25) is 0 Å². The van der Waals surface area contributed by atoms with E-state index in [0.717, 1.165) is 12.8 Å². The van der Waals surface area contributed by atoms with Crippen LogP contribution in [0.15, 0.2) is 0 Å². The van der Waals surface area contributed by atoms with Gasteiger partial charge >= 0.3 is 0 Å². The average molecular weight is 179 g/mol. The molecule has 68 valence electrons. The number of rotatable bonds is 5. The zero-order valence-corrected chi connectivity index (χ0v) is 8.43. The first-order valence-corrected chi connectivity index (χ1v) is 4.85. The lowest BCUT2D eigenvalue weighted by molar-refractivity contribution is 0.118. The number of hydrogen-bond donors (Lipinski definition) is 1. The van der Waals surface area contributed by atoms with Crippen LogP contribution in [0.4, 0.5) is 0 Å². The average Bonchev–Trinajstić information content (AvgIpc) is 1.87. The fraction of sp³-hybridized carbons (Fsp3) is 1.00. The summed E-state index contributed by atoms with van der Waals surface area (Å²) in [5, 5.41) is 9.41. The maximum absolute atomic E-state index is 9.32. The third-order valence-corrected chi connectivity index (χ3v) is 2.42. The Morgan fingerprint density at radius 3 is 2.18 bits per heavy atom. The number of aliphatic hydroxyl groups excluding tert-OH is 1. The van der Waals surface area contributed by atoms with Crippen molar-refractivity contribution in [2.45, 2.75) is 51.5 Å². The first-order valence-electron chi connectivity index (χ1n) is 4.41. The van der Waals surface area contributed by atoms with Crippen molar-refractivity contribution < 1.29 is 5.11 Å². The molecule has 0 aromatic heterocycles. The van der Waals surface area contributed by atoms with Crippen molar-refractivity contribution in [1.82, 2.24) is 0 Å². The van der Waals surface area contributed by atoms with Crippen LogP contribution in [-0.4, -0.2) is 16.6 Å². The minimum atomic E-state index is -0.269. The molecule has 0 aliphatic rings. The minimum absolute atomic E-state index is 0.0848. The van der Waals surface area contributed by atoms with Crippen LogP contribution in [0.5, 0.6) is 0 Å². The second-order valence-corrected chi connectivity index (χ2v) is 3.91. The minimum Gasteiger partial charge on any atom is -0.393 e. The van der Waals surface area contributed by atoms with Crippen molar-refractivity contribution in [3.8, 4) is 0 Å². The molecule has 0 bridgehead atoms. The van der Waals surface area contributed by atoms with Crippen molar-refractivity contribution in [2.75, 3.05) is 0 Å². The molecular formula is C9H19ClO. The standard InChI is InChI=1S/C9H19ClO/c1-4-5-6-9(7(2)10)8(3)11/h7-9,11H,4-6H2,1-3H3. The van der Waals surface area contributed by atoms with Crippen molar-refractivity contribution in [2.24, 2.45) is 5.92 Å². The number of hydrogen-bond acceptors (Lipinski definition) is 1. The SMILES string of the molecule is CCCCC(C(C)O)C(C)Cl. The van der Waals surface area contributed by atoms with Gasteiger partial charge in [0.05, 0.1) is 6.10 Å². The highest BCUT2D eigenvalue weighted by atomic mass is 35.5. The van der Waals surface area contributed by atoms with E-state index < -0.39 is 0 Å². The van der Waals surface area contributed by atoms with Crippen molar-refractivity contribution >= 4 is 11.6 Å². The third kappa shape index (κ3) is 4.65. The molecule has 0 radical (unpaired) electrons. The molecule has 0 aromatic rings. The normalized spacial score (nSPS) is 19.4. The second-order valence-electron chi connectivity index (χ2n) is 3.22. The van der Waals surface area contributed by atoms with Gasteiger partial charge in [-0.15, -0.1) is 11.6 Å². The summed E-state index contributed by atoms with van der Waals surface area (Å²) in [4.78, 5) is 0. The molecule has 1 N–H and O–H groups in total. The van der Waals surface area contributed by atoms with Gasteiger partial charge < -0.3 is 5.11 Å². The maximum atomic E-state index is 9.32. The van der Waals surface area contributed by atoms with E-state index in [0.29, 0.717) is 0 Å². The van der Waals surface area contributed by atoms with Crippen LogP contribution in [0, 0.1) is 5.92 Å². The molecule has 0 aromatic carbocycles. The summed E-state index contributed by atoms with van der Waals surface area (Å²) < 4.78 is 0. The van der Waals surface area contributed by atoms with Gasteiger partial charge in [-0.05, 0) is 20.3 Å². The van der Waals surface area contributed by atoms with Crippen molar-refractivity contribution in [3.63, 3.8) is 0 Å². The quantitative estimate of drug-likeness (QED) is 0.642. The summed E-state index contributed by atoms with van der Waals surface area (Å²) in [6, 6.07) is 0. The molecule has 11 heavy (non-hydrogen) atoms. The molecule has 3 unspecified atom stereocenters. The molecule has 0 rings (SSSR count). The lowest BCUT2D eigenvalue weighted by Crippen LogP contribution is -2.24. The van der Waals surface area contributed by atoms with Crippen LogP contribution in [0.2, 0.25) is 0 Å². The Bertz CT molecular complexity index is 83.6. The van der Waals surface area contributed by atoms with Gasteiger partial charge in [-0.25, -0.2) is 0 Å². The summed E-state index contributed by atoms with van der Waals surface area (Å²) in [6.45, 7) is 5.92. The van der Waals surface area contributed by atoms with Gasteiger partial charge in [0, 0.05) is 11.3 Å². The highest BCUT2D eigenvalue weighted by Crippen LogP contribution is 2.20. The van der Waals surface area contributed by atoms with Crippen LogP contribution in [0.3, 0.4) is 0 Å². The predicted molar refractivity (Wildman–Crippen MR) is 50.0 cm³/mol. The maximum Gasteiger partial charge on any atom is 0.0554 e. The van der Waals surface area contributed by atoms with E-state index in [-0.39, 0.29) is 17.4 Å². The van der Waals surface area contributed by atoms with Crippen LogP contribution < -0.4 is 0 Å². The predicted octanol–water partition coefficient (Wildman–Crippen LogP) is 2.80. The lowest BCUT2D eigenvalue weighted by Gasteiger charge is -2.21. The van der Waals surface area contributed by atoms with Gasteiger partial charge in [0.2, 0.25) is 0 Å². The van der Waals surface area contributed by atoms with E-state index in [4.69, 9.17) is 11.6 Å². The molecular weight excluding hydrogens is 160 g/mol.